The second-order valence-electron chi connectivity index (χ2n) is 23.6. The first-order valence-electron chi connectivity index (χ1n) is 35.0. The lowest BCUT2D eigenvalue weighted by atomic mass is 10.00. The number of fused-ring (bicyclic) bond motifs is 1. The minimum absolute atomic E-state index is 0.0127. The molecular weight excluding hydrogens is 1870 g/mol. The van der Waals surface area contributed by atoms with Gasteiger partial charge in [0.25, 0.3) is 11.4 Å². The Bertz CT molecular complexity index is 8840. The van der Waals surface area contributed by atoms with E-state index in [-0.39, 0.29) is 89.6 Å². The Morgan fingerprint density at radius 2 is 0.669 bits per heavy atom. The molecule has 2 aliphatic carbocycles. The first-order chi connectivity index (χ1) is 68.3. The Balaban J connectivity index is 0.000000423. The average Bonchev–Trinajstić information content (AvgIpc) is 1.68. The average molecular weight is 1880 g/mol. The summed E-state index contributed by atoms with van der Waals surface area (Å²) in [4.78, 5) is 88.6. The van der Waals surface area contributed by atoms with Gasteiger partial charge in [0, 0.05) is 26.6 Å². The molecule has 1 saturated carbocycles. The minimum Gasteiger partial charge on any atom is -0.303 e. The van der Waals surface area contributed by atoms with Gasteiger partial charge in [0.15, 0.2) is 51.5 Å². The van der Waals surface area contributed by atoms with E-state index in [2.05, 4.69) is 102 Å². The zero-order valence-corrected chi connectivity index (χ0v) is 70.5. The van der Waals surface area contributed by atoms with Gasteiger partial charge in [-0.3, -0.25) is 0 Å². The SMILES string of the molecule is [C-]#[N+]/C(C#N)=C1/C(=C(C#N)C#N)/C1=C(\C#N)[N+]#[C-].[C-]#[N+]C([N+]#[C-])=C(C#N)C#N.[C-]#[N+]C([N+]#[C-])=C(C#N)C([N+]#[C-])=C(C#N)C#N.[C-]#[N+]C([N+]#[C-])=c1c(F)c(F)c(=C(C#N)C#N)c(F)c1F.[C-]#[N+]C([N+]#[C-])=c1ccc(=C(C#N)C#N)cc1.[C-]#[N+]C([N+]#[C-])=c1ccc2c(C#N)c(=C(C#N)C#N)ccc2c1.[C-]#[N+]C([N+]#[C-])=c1nc2ccc3nc(=C(C#N)C#N)nc4ccc(n1)c2c34.[C-]#[N+]C1=C([N+]#[C-])C(=O)C(Cl)=C(Cl)C1=O. The van der Waals surface area contributed by atoms with Crippen LogP contribution in [-0.2, 0) is 9.59 Å². The fraction of sp³-hybridized carbons (Fsp3) is 0. The van der Waals surface area contributed by atoms with Gasteiger partial charge in [-0.2, -0.15) is 142 Å². The number of Topliss-reactive ketones (excluding diaryl/α,β-unsaturated/α-hetero) is 2. The highest BCUT2D eigenvalue weighted by Crippen LogP contribution is 2.51. The number of carbonyl (C=O) groups excluding carboxylic acids is 2. The monoisotopic (exact) mass is 1880 g/mol. The van der Waals surface area contributed by atoms with E-state index in [1.165, 1.54) is 36.4 Å². The number of ketones is 2. The van der Waals surface area contributed by atoms with Crippen LogP contribution >= 0.6 is 23.2 Å². The molecule has 0 radical (unpaired) electrons. The lowest BCUT2D eigenvalue weighted by molar-refractivity contribution is -0.115. The number of rotatable bonds is 1. The highest BCUT2D eigenvalue weighted by atomic mass is 35.5. The van der Waals surface area contributed by atoms with Gasteiger partial charge in [-0.25, -0.2) is 72.2 Å². The molecule has 6 aromatic carbocycles. The summed E-state index contributed by atoms with van der Waals surface area (Å²) in [5, 5.41) is 157. The van der Waals surface area contributed by atoms with Crippen molar-refractivity contribution in [3.05, 3.63) is 433 Å². The molecule has 41 nitrogen and oxygen atoms in total. The molecule has 1 fully saturated rings. The van der Waals surface area contributed by atoms with Crippen LogP contribution in [0.15, 0.2) is 168 Å². The predicted molar refractivity (Wildman–Crippen MR) is 473 cm³/mol. The van der Waals surface area contributed by atoms with Crippen LogP contribution in [-0.4, -0.2) is 31.5 Å². The molecule has 0 aliphatic heterocycles. The number of hydrogen-bond acceptors (Lipinski definition) is 24. The van der Waals surface area contributed by atoms with Crippen molar-refractivity contribution in [1.29, 1.82) is 94.7 Å². The van der Waals surface area contributed by atoms with Crippen molar-refractivity contribution in [2.45, 2.75) is 0 Å². The van der Waals surface area contributed by atoms with Crippen molar-refractivity contribution in [2.75, 3.05) is 0 Å². The van der Waals surface area contributed by atoms with Gasteiger partial charge in [0.05, 0.1) is 117 Å². The molecule has 142 heavy (non-hydrogen) atoms. The highest BCUT2D eigenvalue weighted by molar-refractivity contribution is 6.59. The molecule has 8 aromatic rings. The lowest BCUT2D eigenvalue weighted by Crippen LogP contribution is -2.30. The summed E-state index contributed by atoms with van der Waals surface area (Å²) >= 11 is 10.8. The zero-order valence-electron chi connectivity index (χ0n) is 69.0. The van der Waals surface area contributed by atoms with E-state index >= 15 is 0 Å². The molecule has 2 heterocycles. The molecule has 0 unspecified atom stereocenters. The molecule has 0 amide bonds. The molecule has 0 bridgehead atoms. The third-order valence-corrected chi connectivity index (χ3v) is 17.3. The van der Waals surface area contributed by atoms with E-state index < -0.39 is 112 Å². The van der Waals surface area contributed by atoms with Crippen LogP contribution in [0.1, 0.15) is 5.56 Å². The van der Waals surface area contributed by atoms with E-state index in [1.54, 1.807) is 133 Å². The first kappa shape index (κ1) is 110. The smallest absolute Gasteiger partial charge is 0.303 e. The number of halogens is 6. The van der Waals surface area contributed by atoms with Crippen molar-refractivity contribution in [1.82, 2.24) is 19.9 Å². The zero-order chi connectivity index (χ0) is 107. The Morgan fingerprint density at radius 1 is 0.310 bits per heavy atom. The quantitative estimate of drug-likeness (QED) is 0.0280. The molecule has 2 aromatic heterocycles. The van der Waals surface area contributed by atoms with E-state index in [9.17, 15) is 32.4 Å². The van der Waals surface area contributed by atoms with Crippen molar-refractivity contribution < 1.29 is 27.2 Å². The number of aromatic nitrogens is 4. The summed E-state index contributed by atoms with van der Waals surface area (Å²) in [5.41, 5.74) is -2.90. The molecule has 47 heteroatoms. The fourth-order valence-corrected chi connectivity index (χ4v) is 10.8. The summed E-state index contributed by atoms with van der Waals surface area (Å²) in [6.45, 7) is 114. The molecule has 0 spiro atoms. The molecule has 0 saturated heterocycles. The number of hydrogen-bond donors (Lipinski definition) is 0. The highest BCUT2D eigenvalue weighted by Gasteiger charge is 2.40. The van der Waals surface area contributed by atoms with E-state index in [0.29, 0.717) is 59.3 Å². The Labute approximate surface area is 803 Å². The largest absolute Gasteiger partial charge is 0.564 e. The molecular formula is C95H13Cl2F4N39O2. The lowest BCUT2D eigenvalue weighted by Gasteiger charge is -2.08. The molecule has 2 aliphatic rings. The third-order valence-electron chi connectivity index (χ3n) is 16.5. The maximum absolute atomic E-state index is 13.6. The topological polar surface area (TPSA) is 588 Å². The number of nitrogens with zero attached hydrogens (tertiary/aromatic N) is 39. The van der Waals surface area contributed by atoms with Gasteiger partial charge < -0.3 is 9.59 Å². The summed E-state index contributed by atoms with van der Waals surface area (Å²) in [6, 6.07) is 49.6. The van der Waals surface area contributed by atoms with Gasteiger partial charge in [-0.1, -0.05) is 71.7 Å². The van der Waals surface area contributed by atoms with E-state index in [1.807, 2.05) is 6.07 Å². The standard InChI is InChI=1S/C18H4N8.C17H5N5.C12F4N4.C12N6.C12H4N4.C10N6.C8Cl2N2O2.C6N4/c1-21-17(22-2)18-25-12-5-3-10-14-11(4-6-13(26-18)15(12)14)24-16(23-10)9(7-19)8-20;1-21-17(22-2)12-4-6-14-11(7-12)3-5-15(16(14)10-20)13(8-18)9-19;1-19-12(20-2)7-10(15)8(13)6(5(3-17)4-18)9(14)11(7)16;1-17-8(5-15)11-10(7(3-13)4-14)12(11)9(6-16)18-2;1-15-12(16-2)10-5-3-9(4-6-10)11(7-13)8-14;1-14-9(7(4-11)5-12)8(6-13)10(15-2)16-3;1-11-5-6(12-2)8(14)4(10)3(9)7(5)13;1-9-6(10-2)5(3-7)4-8/h3-6H;3-7H;;;3-6H;;;/b;;;11-8-,12-9-;;;;. The maximum Gasteiger partial charge on any atom is 0.564 e. The number of allylic oxidation sites excluding steroid dienone is 11. The maximum atomic E-state index is 13.6. The molecule has 0 atom stereocenters. The first-order valence-corrected chi connectivity index (χ1v) is 35.8. The molecule has 10 rings (SSSR count). The third kappa shape index (κ3) is 24.2. The predicted octanol–water partition coefficient (Wildman–Crippen LogP) is 11.7. The van der Waals surface area contributed by atoms with Gasteiger partial charge in [-0.05, 0) is 52.4 Å². The molecule has 0 N–H and O–H groups in total. The summed E-state index contributed by atoms with van der Waals surface area (Å²) in [7, 11) is 0. The van der Waals surface area contributed by atoms with Crippen LogP contribution in [0, 0.1) is 339 Å². The summed E-state index contributed by atoms with van der Waals surface area (Å²) in [6.07, 6.45) is 0. The van der Waals surface area contributed by atoms with Crippen LogP contribution in [0.25, 0.3) is 172 Å². The Hall–Kier alpha value is -26.5. The normalized spacial score (nSPS) is 10.2. The van der Waals surface area contributed by atoms with Gasteiger partial charge in [0.2, 0.25) is 28.1 Å². The van der Waals surface area contributed by atoms with Crippen LogP contribution in [0.3, 0.4) is 0 Å². The second-order valence-corrected chi connectivity index (χ2v) is 24.3. The van der Waals surface area contributed by atoms with Gasteiger partial charge in [-0.15, -0.1) is 0 Å². The van der Waals surface area contributed by atoms with Gasteiger partial charge in [0.1, 0.15) is 191 Å². The van der Waals surface area contributed by atoms with Crippen molar-refractivity contribution >= 4 is 124 Å². The number of carbonyl (C=O) groups is 2. The summed E-state index contributed by atoms with van der Waals surface area (Å²) in [5.74, 6) is -12.4. The van der Waals surface area contributed by atoms with Crippen molar-refractivity contribution in [2.24, 2.45) is 0 Å². The minimum atomic E-state index is -2.01. The summed E-state index contributed by atoms with van der Waals surface area (Å²) < 4.78 is 54.6. The second kappa shape index (κ2) is 53.2. The molecule has 642 valence electrons. The van der Waals surface area contributed by atoms with Crippen LogP contribution < -0.4 is 42.3 Å². The van der Waals surface area contributed by atoms with Crippen molar-refractivity contribution in [3.63, 3.8) is 0 Å². The van der Waals surface area contributed by atoms with Crippen LogP contribution in [0.5, 0.6) is 0 Å². The number of benzene rings is 6. The van der Waals surface area contributed by atoms with Crippen LogP contribution in [0.2, 0.25) is 0 Å². The van der Waals surface area contributed by atoms with E-state index in [0.717, 1.165) is 12.1 Å². The van der Waals surface area contributed by atoms with Gasteiger partial charge >= 0.3 is 34.9 Å². The van der Waals surface area contributed by atoms with E-state index in [4.69, 9.17) is 224 Å². The Kier molecular flexibility index (Phi) is 41.0. The fourth-order valence-electron chi connectivity index (χ4n) is 10.4. The Morgan fingerprint density at radius 3 is 0.986 bits per heavy atom. The number of nitriles is 18. The van der Waals surface area contributed by atoms with Crippen molar-refractivity contribution in [3.8, 4) is 109 Å². The van der Waals surface area contributed by atoms with Crippen LogP contribution in [0.4, 0.5) is 17.6 Å².